The first-order chi connectivity index (χ1) is 7.75. The van der Waals surface area contributed by atoms with Crippen molar-refractivity contribution in [3.63, 3.8) is 0 Å². The number of rotatable bonds is 4. The summed E-state index contributed by atoms with van der Waals surface area (Å²) in [5.41, 5.74) is 0. The quantitative estimate of drug-likeness (QED) is 0.729. The average Bonchev–Trinajstić information content (AvgIpc) is 2.66. The minimum absolute atomic E-state index is 0.324. The summed E-state index contributed by atoms with van der Waals surface area (Å²) < 4.78 is 5.36. The van der Waals surface area contributed by atoms with Crippen LogP contribution in [0.25, 0.3) is 0 Å². The lowest BCUT2D eigenvalue weighted by atomic mass is 9.99. The number of ether oxygens (including phenoxy) is 1. The topological polar surface area (TPSA) is 29.5 Å². The van der Waals surface area contributed by atoms with Gasteiger partial charge in [0.15, 0.2) is 0 Å². The molecule has 92 valence electrons. The van der Waals surface area contributed by atoms with Crippen LogP contribution in [0.15, 0.2) is 0 Å². The van der Waals surface area contributed by atoms with Gasteiger partial charge in [0.05, 0.1) is 0 Å². The predicted molar refractivity (Wildman–Crippen MR) is 63.4 cm³/mol. The zero-order valence-electron chi connectivity index (χ0n) is 10.3. The number of hydrogen-bond donors (Lipinski definition) is 0. The highest BCUT2D eigenvalue weighted by molar-refractivity contribution is 5.83. The normalized spacial score (nSPS) is 27.9. The number of carbonyl (C=O) groups is 1. The van der Waals surface area contributed by atoms with E-state index in [1.165, 1.54) is 12.8 Å². The molecule has 0 aromatic rings. The Balaban J connectivity index is 1.70. The van der Waals surface area contributed by atoms with Crippen molar-refractivity contribution in [3.05, 3.63) is 0 Å². The summed E-state index contributed by atoms with van der Waals surface area (Å²) in [7, 11) is 2.15. The maximum Gasteiger partial charge on any atom is 0.137 e. The fourth-order valence-corrected chi connectivity index (χ4v) is 2.90. The standard InChI is InChI=1S/C13H23NO2/c1-14(9-11-5-7-16-8-6-11)10-12-3-2-4-13(12)15/h11-12H,2-10H2,1H3. The van der Waals surface area contributed by atoms with Gasteiger partial charge < -0.3 is 9.64 Å². The summed E-state index contributed by atoms with van der Waals surface area (Å²) in [5.74, 6) is 1.58. The maximum absolute atomic E-state index is 11.6. The van der Waals surface area contributed by atoms with Gasteiger partial charge in [-0.3, -0.25) is 4.79 Å². The molecule has 1 unspecified atom stereocenters. The molecule has 16 heavy (non-hydrogen) atoms. The number of hydrogen-bond acceptors (Lipinski definition) is 3. The van der Waals surface area contributed by atoms with E-state index in [0.717, 1.165) is 51.5 Å². The summed E-state index contributed by atoms with van der Waals surface area (Å²) >= 11 is 0. The first kappa shape index (κ1) is 12.1. The molecule has 1 aliphatic carbocycles. The Labute approximate surface area is 98.1 Å². The number of Topliss-reactive ketones (excluding diaryl/α,β-unsaturated/α-hetero) is 1. The number of carbonyl (C=O) groups excluding carboxylic acids is 1. The minimum atomic E-state index is 0.324. The lowest BCUT2D eigenvalue weighted by Gasteiger charge is -2.28. The van der Waals surface area contributed by atoms with E-state index in [0.29, 0.717) is 11.7 Å². The van der Waals surface area contributed by atoms with Gasteiger partial charge in [-0.1, -0.05) is 0 Å². The van der Waals surface area contributed by atoms with E-state index in [1.807, 2.05) is 0 Å². The summed E-state index contributed by atoms with van der Waals surface area (Å²) in [6.45, 7) is 3.94. The van der Waals surface area contributed by atoms with Crippen molar-refractivity contribution in [3.8, 4) is 0 Å². The van der Waals surface area contributed by atoms with Crippen molar-refractivity contribution < 1.29 is 9.53 Å². The van der Waals surface area contributed by atoms with Gasteiger partial charge in [0, 0.05) is 38.6 Å². The van der Waals surface area contributed by atoms with Gasteiger partial charge >= 0.3 is 0 Å². The largest absolute Gasteiger partial charge is 0.381 e. The van der Waals surface area contributed by atoms with E-state index in [9.17, 15) is 4.79 Å². The lowest BCUT2D eigenvalue weighted by molar-refractivity contribution is -0.121. The van der Waals surface area contributed by atoms with E-state index in [2.05, 4.69) is 11.9 Å². The molecule has 1 atom stereocenters. The van der Waals surface area contributed by atoms with E-state index in [1.54, 1.807) is 0 Å². The van der Waals surface area contributed by atoms with Gasteiger partial charge in [-0.2, -0.15) is 0 Å². The van der Waals surface area contributed by atoms with Crippen LogP contribution in [0.1, 0.15) is 32.1 Å². The van der Waals surface area contributed by atoms with E-state index >= 15 is 0 Å². The van der Waals surface area contributed by atoms with Gasteiger partial charge in [-0.15, -0.1) is 0 Å². The molecule has 1 saturated carbocycles. The number of nitrogens with zero attached hydrogens (tertiary/aromatic N) is 1. The van der Waals surface area contributed by atoms with Crippen LogP contribution in [0.3, 0.4) is 0 Å². The second-order valence-electron chi connectivity index (χ2n) is 5.33. The molecule has 1 heterocycles. The van der Waals surface area contributed by atoms with Crippen molar-refractivity contribution in [1.29, 1.82) is 0 Å². The molecule has 0 radical (unpaired) electrons. The first-order valence-electron chi connectivity index (χ1n) is 6.54. The van der Waals surface area contributed by atoms with Gasteiger partial charge in [-0.05, 0) is 38.6 Å². The Morgan fingerprint density at radius 3 is 2.62 bits per heavy atom. The molecule has 0 amide bonds. The molecule has 1 saturated heterocycles. The van der Waals surface area contributed by atoms with Gasteiger partial charge in [-0.25, -0.2) is 0 Å². The van der Waals surface area contributed by atoms with Crippen molar-refractivity contribution >= 4 is 5.78 Å². The third-order valence-electron chi connectivity index (χ3n) is 3.87. The van der Waals surface area contributed by atoms with Crippen molar-refractivity contribution in [1.82, 2.24) is 4.90 Å². The smallest absolute Gasteiger partial charge is 0.137 e. The number of ketones is 1. The molecular weight excluding hydrogens is 202 g/mol. The summed E-state index contributed by atoms with van der Waals surface area (Å²) in [6, 6.07) is 0. The monoisotopic (exact) mass is 225 g/mol. The summed E-state index contributed by atoms with van der Waals surface area (Å²) in [5, 5.41) is 0. The van der Waals surface area contributed by atoms with Crippen LogP contribution in [0.5, 0.6) is 0 Å². The zero-order chi connectivity index (χ0) is 11.4. The van der Waals surface area contributed by atoms with Crippen LogP contribution in [-0.4, -0.2) is 44.0 Å². The van der Waals surface area contributed by atoms with Crippen LogP contribution in [0, 0.1) is 11.8 Å². The van der Waals surface area contributed by atoms with E-state index in [4.69, 9.17) is 4.74 Å². The predicted octanol–water partition coefficient (Wildman–Crippen LogP) is 1.71. The van der Waals surface area contributed by atoms with Crippen LogP contribution in [-0.2, 0) is 9.53 Å². The highest BCUT2D eigenvalue weighted by Crippen LogP contribution is 2.23. The molecule has 2 aliphatic rings. The Kier molecular flexibility index (Phi) is 4.36. The molecule has 0 bridgehead atoms. The van der Waals surface area contributed by atoms with Crippen LogP contribution < -0.4 is 0 Å². The third-order valence-corrected chi connectivity index (χ3v) is 3.87. The molecule has 0 spiro atoms. The van der Waals surface area contributed by atoms with Gasteiger partial charge in [0.25, 0.3) is 0 Å². The lowest BCUT2D eigenvalue weighted by Crippen LogP contribution is -2.34. The van der Waals surface area contributed by atoms with E-state index < -0.39 is 0 Å². The highest BCUT2D eigenvalue weighted by atomic mass is 16.5. The second-order valence-corrected chi connectivity index (χ2v) is 5.33. The van der Waals surface area contributed by atoms with Gasteiger partial charge in [0.2, 0.25) is 0 Å². The molecule has 3 heteroatoms. The Morgan fingerprint density at radius 1 is 1.25 bits per heavy atom. The fourth-order valence-electron chi connectivity index (χ4n) is 2.90. The molecule has 0 aromatic carbocycles. The highest BCUT2D eigenvalue weighted by Gasteiger charge is 2.26. The molecule has 1 aliphatic heterocycles. The van der Waals surface area contributed by atoms with Crippen LogP contribution >= 0.6 is 0 Å². The second kappa shape index (κ2) is 5.78. The SMILES string of the molecule is CN(CC1CCOCC1)CC1CCCC1=O. The molecule has 3 nitrogen and oxygen atoms in total. The minimum Gasteiger partial charge on any atom is -0.381 e. The third kappa shape index (κ3) is 3.29. The Bertz CT molecular complexity index is 236. The molecular formula is C13H23NO2. The summed E-state index contributed by atoms with van der Waals surface area (Å²) in [6.07, 6.45) is 5.40. The first-order valence-corrected chi connectivity index (χ1v) is 6.54. The zero-order valence-corrected chi connectivity index (χ0v) is 10.3. The van der Waals surface area contributed by atoms with Crippen molar-refractivity contribution in [2.75, 3.05) is 33.4 Å². The molecule has 0 N–H and O–H groups in total. The fraction of sp³-hybridized carbons (Fsp3) is 0.923. The Morgan fingerprint density at radius 2 is 2.00 bits per heavy atom. The average molecular weight is 225 g/mol. The maximum atomic E-state index is 11.6. The van der Waals surface area contributed by atoms with Crippen molar-refractivity contribution in [2.45, 2.75) is 32.1 Å². The molecule has 2 fully saturated rings. The molecule has 2 rings (SSSR count). The van der Waals surface area contributed by atoms with Crippen molar-refractivity contribution in [2.24, 2.45) is 11.8 Å². The van der Waals surface area contributed by atoms with Gasteiger partial charge in [0.1, 0.15) is 5.78 Å². The molecule has 0 aromatic heterocycles. The van der Waals surface area contributed by atoms with Crippen LogP contribution in [0.4, 0.5) is 0 Å². The Hall–Kier alpha value is -0.410. The summed E-state index contributed by atoms with van der Waals surface area (Å²) in [4.78, 5) is 13.9. The van der Waals surface area contributed by atoms with Crippen LogP contribution in [0.2, 0.25) is 0 Å². The van der Waals surface area contributed by atoms with E-state index in [-0.39, 0.29) is 0 Å².